The zero-order chi connectivity index (χ0) is 48.8. The van der Waals surface area contributed by atoms with Crippen LogP contribution < -0.4 is 35.8 Å². The van der Waals surface area contributed by atoms with Gasteiger partial charge in [0.2, 0.25) is 17.8 Å². The van der Waals surface area contributed by atoms with E-state index in [1.807, 2.05) is 55.8 Å². The number of piperidine rings is 2. The number of fused-ring (bicyclic) bond motifs is 2. The largest absolute Gasteiger partial charge is 0.494 e. The lowest BCUT2D eigenvalue weighted by atomic mass is 9.92. The van der Waals surface area contributed by atoms with Crippen LogP contribution >= 0.6 is 23.1 Å². The van der Waals surface area contributed by atoms with E-state index < -0.39 is 24.9 Å². The fourth-order valence-corrected chi connectivity index (χ4v) is 12.2. The van der Waals surface area contributed by atoms with Crippen molar-refractivity contribution in [2.45, 2.75) is 44.7 Å². The maximum Gasteiger partial charge on any atom is 0.255 e. The van der Waals surface area contributed by atoms with Crippen molar-refractivity contribution in [1.82, 2.24) is 34.9 Å². The van der Waals surface area contributed by atoms with E-state index in [4.69, 9.17) is 9.72 Å². The fourth-order valence-electron chi connectivity index (χ4n) is 10.4. The average Bonchev–Trinajstić information content (AvgIpc) is 3.92. The fraction of sp³-hybridized carbons (Fsp3) is 0.373. The number of nitrogens with one attached hydrogen (secondary N) is 3. The molecule has 4 aliphatic heterocycles. The van der Waals surface area contributed by atoms with E-state index in [0.29, 0.717) is 50.5 Å². The summed E-state index contributed by atoms with van der Waals surface area (Å²) in [7, 11) is 0.850. The number of imide groups is 1. The number of hydrogen-bond donors (Lipinski definition) is 3. The van der Waals surface area contributed by atoms with Gasteiger partial charge in [-0.3, -0.25) is 29.3 Å². The van der Waals surface area contributed by atoms with Gasteiger partial charge in [0.25, 0.3) is 5.91 Å². The summed E-state index contributed by atoms with van der Waals surface area (Å²) in [6.07, 6.45) is 8.95. The summed E-state index contributed by atoms with van der Waals surface area (Å²) in [5, 5.41) is 16.4. The number of nitrogens with zero attached hydrogens (tertiary/aromatic N) is 8. The minimum absolute atomic E-state index is 0.172. The predicted molar refractivity (Wildman–Crippen MR) is 275 cm³/mol. The Morgan fingerprint density at radius 1 is 0.886 bits per heavy atom. The maximum atomic E-state index is 15.6. The molecule has 364 valence electrons. The molecule has 3 saturated heterocycles. The van der Waals surface area contributed by atoms with E-state index in [9.17, 15) is 18.9 Å². The van der Waals surface area contributed by atoms with Gasteiger partial charge in [-0.05, 0) is 108 Å². The van der Waals surface area contributed by atoms with Crippen LogP contribution in [0, 0.1) is 11.7 Å². The van der Waals surface area contributed by atoms with E-state index >= 15 is 4.39 Å². The number of methoxy groups -OCH3 is 1. The summed E-state index contributed by atoms with van der Waals surface area (Å²) < 4.78 is 37.7. The van der Waals surface area contributed by atoms with Crippen LogP contribution in [0.3, 0.4) is 0 Å². The summed E-state index contributed by atoms with van der Waals surface area (Å²) in [6.45, 7) is 9.66. The molecule has 19 heteroatoms. The molecular weight excluding hydrogens is 977 g/mol. The Morgan fingerprint density at radius 2 is 1.66 bits per heavy atom. The van der Waals surface area contributed by atoms with Crippen molar-refractivity contribution in [2.24, 2.45) is 13.0 Å². The summed E-state index contributed by atoms with van der Waals surface area (Å²) in [5.74, 6) is 0.401. The number of amides is 3. The number of carbonyl (C=O) groups excluding carboxylic acids is 3. The van der Waals surface area contributed by atoms with Crippen LogP contribution in [0.5, 0.6) is 5.75 Å². The van der Waals surface area contributed by atoms with Crippen molar-refractivity contribution in [3.05, 3.63) is 101 Å². The number of benzene rings is 4. The van der Waals surface area contributed by atoms with Gasteiger partial charge in [-0.1, -0.05) is 30.3 Å². The van der Waals surface area contributed by atoms with Gasteiger partial charge >= 0.3 is 0 Å². The van der Waals surface area contributed by atoms with E-state index in [-0.39, 0.29) is 36.8 Å². The molecule has 0 spiro atoms. The van der Waals surface area contributed by atoms with Crippen LogP contribution in [0.1, 0.15) is 48.0 Å². The second-order valence-corrected chi connectivity index (χ2v) is 23.1. The van der Waals surface area contributed by atoms with E-state index in [1.165, 1.54) is 11.0 Å². The molecule has 0 radical (unpaired) electrons. The molecular formula is C51H56BrFN11O5P. The number of ether oxygens (including phenoxy) is 1. The lowest BCUT2D eigenvalue weighted by Crippen LogP contribution is -2.52. The first-order valence-electron chi connectivity index (χ1n) is 23.7. The lowest BCUT2D eigenvalue weighted by molar-refractivity contribution is -0.136. The van der Waals surface area contributed by atoms with Gasteiger partial charge in [0.05, 0.1) is 34.8 Å². The summed E-state index contributed by atoms with van der Waals surface area (Å²) >= 11 is 3.63. The first-order chi connectivity index (χ1) is 33.7. The minimum atomic E-state index is -2.71. The van der Waals surface area contributed by atoms with Gasteiger partial charge < -0.3 is 34.6 Å². The van der Waals surface area contributed by atoms with Crippen LogP contribution in [0.2, 0.25) is 0 Å². The second-order valence-electron chi connectivity index (χ2n) is 19.1. The first kappa shape index (κ1) is 47.3. The smallest absolute Gasteiger partial charge is 0.255 e. The molecule has 0 bridgehead atoms. The zero-order valence-electron chi connectivity index (χ0n) is 39.7. The molecule has 1 atom stereocenters. The molecule has 1 unspecified atom stereocenters. The monoisotopic (exact) mass is 1030 g/mol. The van der Waals surface area contributed by atoms with Crippen molar-refractivity contribution < 1.29 is 28.1 Å². The highest BCUT2D eigenvalue weighted by atomic mass is 79.9. The molecule has 16 nitrogen and oxygen atoms in total. The molecule has 10 rings (SSSR count). The molecule has 70 heavy (non-hydrogen) atoms. The van der Waals surface area contributed by atoms with Crippen LogP contribution in [0.4, 0.5) is 38.9 Å². The van der Waals surface area contributed by atoms with Crippen molar-refractivity contribution >= 4 is 91.4 Å². The Kier molecular flexibility index (Phi) is 13.1. The van der Waals surface area contributed by atoms with E-state index in [1.54, 1.807) is 37.4 Å². The zero-order valence-corrected chi connectivity index (χ0v) is 42.2. The van der Waals surface area contributed by atoms with Gasteiger partial charge in [-0.15, -0.1) is 0 Å². The molecule has 6 aromatic rings. The summed E-state index contributed by atoms with van der Waals surface area (Å²) in [5.41, 5.74) is 5.90. The van der Waals surface area contributed by atoms with Crippen LogP contribution in [-0.2, 0) is 27.7 Å². The number of aryl methyl sites for hydroxylation is 1. The van der Waals surface area contributed by atoms with Crippen molar-refractivity contribution in [3.63, 3.8) is 0 Å². The number of halogens is 2. The Labute approximate surface area is 414 Å². The molecule has 4 aromatic carbocycles. The third-order valence-electron chi connectivity index (χ3n) is 14.1. The Morgan fingerprint density at radius 3 is 2.39 bits per heavy atom. The van der Waals surface area contributed by atoms with Crippen molar-refractivity contribution in [1.29, 1.82) is 0 Å². The highest BCUT2D eigenvalue weighted by Crippen LogP contribution is 2.44. The highest BCUT2D eigenvalue weighted by molar-refractivity contribution is 9.10. The Balaban J connectivity index is 0.780. The first-order valence-corrected chi connectivity index (χ1v) is 27.1. The van der Waals surface area contributed by atoms with Crippen LogP contribution in [0.25, 0.3) is 21.9 Å². The molecule has 2 aromatic heterocycles. The average molecular weight is 1030 g/mol. The predicted octanol–water partition coefficient (Wildman–Crippen LogP) is 7.87. The summed E-state index contributed by atoms with van der Waals surface area (Å²) in [6, 6.07) is 18.4. The van der Waals surface area contributed by atoms with E-state index in [2.05, 4.69) is 68.8 Å². The quantitative estimate of drug-likeness (QED) is 0.0756. The van der Waals surface area contributed by atoms with Gasteiger partial charge in [0.15, 0.2) is 0 Å². The van der Waals surface area contributed by atoms with Gasteiger partial charge in [-0.2, -0.15) is 10.1 Å². The molecule has 4 aliphatic rings. The summed E-state index contributed by atoms with van der Waals surface area (Å²) in [4.78, 5) is 55.4. The molecule has 3 N–H and O–H groups in total. The SMILES string of the molecule is COc1cc(N2CCN(CCC3CCN(c4cc5c(cc4F)C(=O)N(C4CCC(=O)NC4=O)C5)CC3)CC2)c(-c2cnn(C)c2)cc1Nc1ncc(Br)c(Nc2ccc3ccccc3c2P(C)(C)=O)n1. The topological polar surface area (TPSA) is 170 Å². The number of carbonyl (C=O) groups is 3. The van der Waals surface area contributed by atoms with Gasteiger partial charge in [0, 0.05) is 105 Å². The number of hydrogen-bond acceptors (Lipinski definition) is 13. The number of aromatic nitrogens is 4. The number of anilines is 6. The third-order valence-corrected chi connectivity index (χ3v) is 16.3. The minimum Gasteiger partial charge on any atom is -0.494 e. The molecule has 6 heterocycles. The molecule has 0 saturated carbocycles. The van der Waals surface area contributed by atoms with Gasteiger partial charge in [0.1, 0.15) is 30.6 Å². The normalized spacial score (nSPS) is 18.1. The lowest BCUT2D eigenvalue weighted by Gasteiger charge is -2.39. The molecule has 3 amide bonds. The molecule has 0 aliphatic carbocycles. The van der Waals surface area contributed by atoms with E-state index in [0.717, 1.165) is 98.0 Å². The Hall–Kier alpha value is -6.36. The van der Waals surface area contributed by atoms with Crippen molar-refractivity contribution in [3.8, 4) is 16.9 Å². The molecule has 3 fully saturated rings. The van der Waals surface area contributed by atoms with Crippen LogP contribution in [0.15, 0.2) is 83.7 Å². The van der Waals surface area contributed by atoms with Crippen LogP contribution in [-0.4, -0.2) is 120 Å². The number of rotatable bonds is 13. The maximum absolute atomic E-state index is 15.6. The second kappa shape index (κ2) is 19.4. The Bertz CT molecular complexity index is 3070. The third kappa shape index (κ3) is 9.60. The standard InChI is InChI=1S/C51H56BrFN11O5P/c1-60-29-34(27-55-60)36-25-41(57-51-54-28-38(52)48(59-51)56-40-10-9-32-7-5-6-8-35(32)47(40)70(3,4)68)45(69-2)26-43(36)63-21-19-61(20-22-63)16-13-31-14-17-62(18-15-31)44-23-33-30-64(50(67)37(33)24-39(44)53)42-11-12-46(65)58-49(42)66/h5-10,23-29,31,42H,11-22,30H2,1-4H3,(H,58,65,66)(H2,54,56,57,59). The van der Waals surface area contributed by atoms with Gasteiger partial charge in [-0.25, -0.2) is 9.37 Å². The highest BCUT2D eigenvalue weighted by Gasteiger charge is 2.40. The number of piperazine rings is 1. The van der Waals surface area contributed by atoms with Crippen molar-refractivity contribution in [2.75, 3.05) is 86.7 Å².